The van der Waals surface area contributed by atoms with Crippen molar-refractivity contribution in [1.29, 1.82) is 0 Å². The molecule has 12 heteroatoms. The lowest BCUT2D eigenvalue weighted by atomic mass is 9.74. The van der Waals surface area contributed by atoms with Crippen LogP contribution in [-0.2, 0) is 33.3 Å². The standard InChI is InChI=1S/C39H72N4O8/c1-15-39(19-18-26(3)43(13)31(44)23-41(11)29-16-17-29)24-49-36(47)37(6,7)33(46)28(5)34(38(8,48-14)21-25(2)22-42(39)12)51-35-32(45)30(40(9)10)20-27(4)50-35/h25-30,32,34-35,45H,15-24H2,1-14H3/t25-,26?,27-,28+,30+,32-,34-,35+,38-,39?/m1/s1. The van der Waals surface area contributed by atoms with Gasteiger partial charge < -0.3 is 33.9 Å². The number of cyclic esters (lactones) is 1. The van der Waals surface area contributed by atoms with Gasteiger partial charge in [-0.3, -0.25) is 24.2 Å². The van der Waals surface area contributed by atoms with Crippen molar-refractivity contribution in [3.05, 3.63) is 0 Å². The molecule has 1 N–H and O–H groups in total. The topological polar surface area (TPSA) is 121 Å². The van der Waals surface area contributed by atoms with Crippen molar-refractivity contribution in [2.24, 2.45) is 17.3 Å². The third-order valence-corrected chi connectivity index (χ3v) is 12.5. The number of carbonyl (C=O) groups is 3. The number of Topliss-reactive ketones (excluding diaryl/α,β-unsaturated/α-hetero) is 1. The van der Waals surface area contributed by atoms with Gasteiger partial charge in [0.1, 0.15) is 18.1 Å². The Kier molecular flexibility index (Phi) is 15.1. The first-order valence-corrected chi connectivity index (χ1v) is 19.2. The Bertz CT molecular complexity index is 1180. The SMILES string of the molecule is CCC1(CCC(C)N(C)C(=O)CN(C)C2CC2)COC(=O)C(C)(C)C(=O)[C@H](C)[C@@H](O[C@@H]2O[C@H](C)C[C@H](N(C)C)[C@H]2O)[C@](C)(OC)C[C@@H](C)CN1C. The molecule has 1 saturated carbocycles. The van der Waals surface area contributed by atoms with Crippen LogP contribution >= 0.6 is 0 Å². The highest BCUT2D eigenvalue weighted by Gasteiger charge is 2.52. The Labute approximate surface area is 308 Å². The zero-order chi connectivity index (χ0) is 38.6. The number of amides is 1. The third kappa shape index (κ3) is 10.3. The molecule has 2 heterocycles. The van der Waals surface area contributed by atoms with E-state index in [0.29, 0.717) is 44.8 Å². The van der Waals surface area contributed by atoms with E-state index in [2.05, 4.69) is 37.6 Å². The van der Waals surface area contributed by atoms with Gasteiger partial charge in [-0.25, -0.2) is 0 Å². The highest BCUT2D eigenvalue weighted by atomic mass is 16.7. The van der Waals surface area contributed by atoms with Crippen LogP contribution in [0.2, 0.25) is 0 Å². The number of hydrogen-bond acceptors (Lipinski definition) is 11. The first kappa shape index (κ1) is 43.7. The zero-order valence-corrected chi connectivity index (χ0v) is 34.4. The Hall–Kier alpha value is -1.67. The summed E-state index contributed by atoms with van der Waals surface area (Å²) in [5, 5.41) is 11.4. The van der Waals surface area contributed by atoms with Crippen LogP contribution in [-0.4, -0.2) is 158 Å². The largest absolute Gasteiger partial charge is 0.463 e. The summed E-state index contributed by atoms with van der Waals surface area (Å²) >= 11 is 0. The Morgan fingerprint density at radius 3 is 2.27 bits per heavy atom. The van der Waals surface area contributed by atoms with Crippen LogP contribution in [0.15, 0.2) is 0 Å². The number of esters is 1. The van der Waals surface area contributed by atoms with Crippen LogP contribution in [0.4, 0.5) is 0 Å². The van der Waals surface area contributed by atoms with E-state index >= 15 is 0 Å². The van der Waals surface area contributed by atoms with E-state index in [9.17, 15) is 19.5 Å². The van der Waals surface area contributed by atoms with E-state index in [-0.39, 0.29) is 42.4 Å². The predicted octanol–water partition coefficient (Wildman–Crippen LogP) is 3.82. The minimum absolute atomic E-state index is 0.0136. The molecule has 12 nitrogen and oxygen atoms in total. The summed E-state index contributed by atoms with van der Waals surface area (Å²) in [6, 6.07) is 0.304. The number of hydrogen-bond donors (Lipinski definition) is 1. The molecule has 3 aliphatic rings. The number of methoxy groups -OCH3 is 1. The molecule has 0 aromatic rings. The molecular weight excluding hydrogens is 652 g/mol. The summed E-state index contributed by atoms with van der Waals surface area (Å²) in [6.07, 6.45) is 2.65. The molecule has 1 amide bonds. The van der Waals surface area contributed by atoms with Crippen LogP contribution in [0.5, 0.6) is 0 Å². The van der Waals surface area contributed by atoms with E-state index < -0.39 is 46.9 Å². The number of rotatable bonds is 12. The van der Waals surface area contributed by atoms with Crippen LogP contribution in [0.3, 0.4) is 0 Å². The molecule has 10 atom stereocenters. The van der Waals surface area contributed by atoms with Crippen molar-refractivity contribution in [2.45, 2.75) is 154 Å². The Morgan fingerprint density at radius 2 is 1.73 bits per heavy atom. The van der Waals surface area contributed by atoms with Gasteiger partial charge in [0.05, 0.1) is 29.9 Å². The molecule has 1 aliphatic carbocycles. The summed E-state index contributed by atoms with van der Waals surface area (Å²) in [5.41, 5.74) is -2.98. The highest BCUT2D eigenvalue weighted by Crippen LogP contribution is 2.39. The lowest BCUT2D eigenvalue weighted by Crippen LogP contribution is -2.59. The van der Waals surface area contributed by atoms with E-state index in [1.807, 2.05) is 51.8 Å². The molecule has 0 aromatic carbocycles. The molecule has 3 fully saturated rings. The molecule has 2 unspecified atom stereocenters. The molecule has 2 saturated heterocycles. The van der Waals surface area contributed by atoms with E-state index in [1.54, 1.807) is 27.9 Å². The normalized spacial score (nSPS) is 36.6. The van der Waals surface area contributed by atoms with Gasteiger partial charge in [0, 0.05) is 44.7 Å². The fourth-order valence-electron chi connectivity index (χ4n) is 8.32. The van der Waals surface area contributed by atoms with Crippen LogP contribution in [0, 0.1) is 17.3 Å². The van der Waals surface area contributed by atoms with Gasteiger partial charge in [-0.2, -0.15) is 0 Å². The fourth-order valence-corrected chi connectivity index (χ4v) is 8.32. The molecule has 3 rings (SSSR count). The Balaban J connectivity index is 1.93. The maximum Gasteiger partial charge on any atom is 0.319 e. The number of ether oxygens (including phenoxy) is 4. The lowest BCUT2D eigenvalue weighted by molar-refractivity contribution is -0.295. The van der Waals surface area contributed by atoms with Crippen molar-refractivity contribution in [1.82, 2.24) is 19.6 Å². The van der Waals surface area contributed by atoms with Crippen LogP contribution < -0.4 is 0 Å². The van der Waals surface area contributed by atoms with E-state index in [4.69, 9.17) is 18.9 Å². The second kappa shape index (κ2) is 17.6. The quantitative estimate of drug-likeness (QED) is 0.234. The summed E-state index contributed by atoms with van der Waals surface area (Å²) in [7, 11) is 11.4. The first-order valence-electron chi connectivity index (χ1n) is 19.2. The predicted molar refractivity (Wildman–Crippen MR) is 198 cm³/mol. The number of aliphatic hydroxyl groups excluding tert-OH is 1. The van der Waals surface area contributed by atoms with Crippen molar-refractivity contribution < 1.29 is 38.4 Å². The fraction of sp³-hybridized carbons (Fsp3) is 0.923. The number of likely N-dealkylation sites (N-methyl/N-ethyl adjacent to an activating group) is 4. The smallest absolute Gasteiger partial charge is 0.319 e. The lowest BCUT2D eigenvalue weighted by Gasteiger charge is -2.47. The maximum atomic E-state index is 14.4. The zero-order valence-electron chi connectivity index (χ0n) is 34.4. The van der Waals surface area contributed by atoms with Crippen LogP contribution in [0.1, 0.15) is 100 Å². The summed E-state index contributed by atoms with van der Waals surface area (Å²) < 4.78 is 25.3. The van der Waals surface area contributed by atoms with Gasteiger partial charge >= 0.3 is 5.97 Å². The summed E-state index contributed by atoms with van der Waals surface area (Å²) in [4.78, 5) is 49.7. The summed E-state index contributed by atoms with van der Waals surface area (Å²) in [6.45, 7) is 16.5. The second-order valence-electron chi connectivity index (χ2n) is 17.3. The average Bonchev–Trinajstić information content (AvgIpc) is 3.92. The monoisotopic (exact) mass is 725 g/mol. The number of ketones is 1. The molecule has 0 radical (unpaired) electrons. The van der Waals surface area contributed by atoms with Gasteiger partial charge in [-0.1, -0.05) is 20.8 Å². The summed E-state index contributed by atoms with van der Waals surface area (Å²) in [5.74, 6) is -1.52. The van der Waals surface area contributed by atoms with E-state index in [0.717, 1.165) is 19.3 Å². The maximum absolute atomic E-state index is 14.4. The van der Waals surface area contributed by atoms with E-state index in [1.165, 1.54) is 0 Å². The molecule has 0 aromatic heterocycles. The van der Waals surface area contributed by atoms with Gasteiger partial charge in [-0.05, 0) is 114 Å². The van der Waals surface area contributed by atoms with Crippen molar-refractivity contribution >= 4 is 17.7 Å². The minimum Gasteiger partial charge on any atom is -0.463 e. The first-order chi connectivity index (χ1) is 23.6. The second-order valence-corrected chi connectivity index (χ2v) is 17.3. The number of nitrogens with zero attached hydrogens (tertiary/aromatic N) is 4. The van der Waals surface area contributed by atoms with Crippen molar-refractivity contribution in [3.63, 3.8) is 0 Å². The molecule has 0 spiro atoms. The molecule has 296 valence electrons. The van der Waals surface area contributed by atoms with Gasteiger partial charge in [0.2, 0.25) is 5.91 Å². The molecular formula is C39H72N4O8. The van der Waals surface area contributed by atoms with Crippen molar-refractivity contribution in [2.75, 3.05) is 62.0 Å². The molecule has 51 heavy (non-hydrogen) atoms. The average molecular weight is 725 g/mol. The number of carbonyl (C=O) groups excluding carboxylic acids is 3. The minimum atomic E-state index is -1.48. The number of aliphatic hydroxyl groups is 1. The Morgan fingerprint density at radius 1 is 1.10 bits per heavy atom. The highest BCUT2D eigenvalue weighted by molar-refractivity contribution is 6.04. The van der Waals surface area contributed by atoms with Crippen molar-refractivity contribution in [3.8, 4) is 0 Å². The van der Waals surface area contributed by atoms with Gasteiger partial charge in [0.25, 0.3) is 0 Å². The van der Waals surface area contributed by atoms with Crippen LogP contribution in [0.25, 0.3) is 0 Å². The van der Waals surface area contributed by atoms with Gasteiger partial charge in [0.15, 0.2) is 12.1 Å². The van der Waals surface area contributed by atoms with Gasteiger partial charge in [-0.15, -0.1) is 0 Å². The molecule has 0 bridgehead atoms. The third-order valence-electron chi connectivity index (χ3n) is 12.5. The molecule has 2 aliphatic heterocycles.